The summed E-state index contributed by atoms with van der Waals surface area (Å²) in [4.78, 5) is 37.1. The molecular weight excluding hydrogens is 286 g/mol. The molecule has 1 aliphatic rings. The van der Waals surface area contributed by atoms with E-state index in [1.54, 1.807) is 20.8 Å². The summed E-state index contributed by atoms with van der Waals surface area (Å²) in [5.41, 5.74) is -1.11. The minimum absolute atomic E-state index is 0.0843. The highest BCUT2D eigenvalue weighted by Gasteiger charge is 2.42. The average molecular weight is 313 g/mol. The Kier molecular flexibility index (Phi) is 5.73. The van der Waals surface area contributed by atoms with E-state index in [1.165, 1.54) is 4.90 Å². The maximum atomic E-state index is 12.3. The molecule has 1 heterocycles. The molecule has 1 rings (SSSR count). The van der Waals surface area contributed by atoms with Gasteiger partial charge in [-0.3, -0.25) is 9.69 Å². The van der Waals surface area contributed by atoms with E-state index in [-0.39, 0.29) is 12.4 Å². The van der Waals surface area contributed by atoms with Crippen LogP contribution >= 0.6 is 0 Å². The number of amides is 1. The molecule has 0 aromatic rings. The van der Waals surface area contributed by atoms with Crippen LogP contribution in [0.3, 0.4) is 0 Å². The van der Waals surface area contributed by atoms with E-state index in [0.717, 1.165) is 0 Å². The van der Waals surface area contributed by atoms with Crippen LogP contribution in [0.5, 0.6) is 0 Å². The van der Waals surface area contributed by atoms with Crippen molar-refractivity contribution in [1.29, 1.82) is 0 Å². The zero-order valence-electron chi connectivity index (χ0n) is 14.3. The van der Waals surface area contributed by atoms with E-state index in [2.05, 4.69) is 0 Å². The van der Waals surface area contributed by atoms with Crippen molar-refractivity contribution >= 4 is 18.2 Å². The second kappa shape index (κ2) is 6.77. The predicted octanol–water partition coefficient (Wildman–Crippen LogP) is 2.34. The third kappa shape index (κ3) is 5.40. The minimum atomic E-state index is -0.678. The Labute approximate surface area is 132 Å². The fraction of sp³-hybridized carbons (Fsp3) is 0.812. The fourth-order valence-corrected chi connectivity index (χ4v) is 2.25. The molecule has 2 atom stereocenters. The number of rotatable bonds is 4. The summed E-state index contributed by atoms with van der Waals surface area (Å²) in [5.74, 6) is -0.204. The Balaban J connectivity index is 2.82. The molecule has 1 amide bonds. The Morgan fingerprint density at radius 2 is 1.68 bits per heavy atom. The molecule has 1 saturated heterocycles. The molecule has 22 heavy (non-hydrogen) atoms. The van der Waals surface area contributed by atoms with Gasteiger partial charge >= 0.3 is 6.09 Å². The lowest BCUT2D eigenvalue weighted by atomic mass is 10.1. The molecule has 1 unspecified atom stereocenters. The standard InChI is InChI=1S/C16H27NO5/c1-15(2,3)21-10-13(19)12-8-7-11(9-18)17(12)14(20)22-16(4,5)6/h9,11-12H,7-8,10H2,1-6H3/t11?,12-/m0/s1. The predicted molar refractivity (Wildman–Crippen MR) is 81.7 cm³/mol. The highest BCUT2D eigenvalue weighted by Crippen LogP contribution is 2.26. The lowest BCUT2D eigenvalue weighted by Gasteiger charge is -2.30. The van der Waals surface area contributed by atoms with Gasteiger partial charge in [-0.25, -0.2) is 4.79 Å². The van der Waals surface area contributed by atoms with Crippen LogP contribution in [0.15, 0.2) is 0 Å². The summed E-state index contributed by atoms with van der Waals surface area (Å²) in [7, 11) is 0. The zero-order chi connectivity index (χ0) is 17.1. The van der Waals surface area contributed by atoms with Gasteiger partial charge in [0.25, 0.3) is 0 Å². The van der Waals surface area contributed by atoms with Crippen molar-refractivity contribution in [1.82, 2.24) is 4.90 Å². The first kappa shape index (κ1) is 18.6. The van der Waals surface area contributed by atoms with Crippen molar-refractivity contribution in [2.45, 2.75) is 77.7 Å². The SMILES string of the molecule is CC(C)(C)OCC(=O)[C@@H]1CCC(C=O)N1C(=O)OC(C)(C)C. The Morgan fingerprint density at radius 3 is 2.14 bits per heavy atom. The van der Waals surface area contributed by atoms with E-state index >= 15 is 0 Å². The van der Waals surface area contributed by atoms with Gasteiger partial charge in [0, 0.05) is 0 Å². The van der Waals surface area contributed by atoms with Crippen LogP contribution in [0.4, 0.5) is 4.79 Å². The molecule has 0 N–H and O–H groups in total. The summed E-state index contributed by atoms with van der Waals surface area (Å²) in [5, 5.41) is 0. The van der Waals surface area contributed by atoms with E-state index in [1.807, 2.05) is 20.8 Å². The number of hydrogen-bond acceptors (Lipinski definition) is 5. The van der Waals surface area contributed by atoms with E-state index < -0.39 is 29.4 Å². The summed E-state index contributed by atoms with van der Waals surface area (Å²) in [6, 6.07) is -1.27. The van der Waals surface area contributed by atoms with E-state index in [9.17, 15) is 14.4 Å². The summed E-state index contributed by atoms with van der Waals surface area (Å²) in [6.45, 7) is 10.7. The van der Waals surface area contributed by atoms with Crippen molar-refractivity contribution in [2.75, 3.05) is 6.61 Å². The Bertz CT molecular complexity index is 433. The van der Waals surface area contributed by atoms with Gasteiger partial charge in [0.05, 0.1) is 17.7 Å². The number of hydrogen-bond donors (Lipinski definition) is 0. The molecule has 0 spiro atoms. The molecule has 1 fully saturated rings. The molecule has 0 radical (unpaired) electrons. The molecular formula is C16H27NO5. The number of nitrogens with zero attached hydrogens (tertiary/aromatic N) is 1. The summed E-state index contributed by atoms with van der Waals surface area (Å²) in [6.07, 6.45) is 0.988. The van der Waals surface area contributed by atoms with Gasteiger partial charge in [0.15, 0.2) is 5.78 Å². The van der Waals surface area contributed by atoms with Crippen LogP contribution in [0, 0.1) is 0 Å². The summed E-state index contributed by atoms with van der Waals surface area (Å²) >= 11 is 0. The average Bonchev–Trinajstić information content (AvgIpc) is 2.76. The van der Waals surface area contributed by atoms with Gasteiger partial charge in [0.1, 0.15) is 18.5 Å². The minimum Gasteiger partial charge on any atom is -0.444 e. The lowest BCUT2D eigenvalue weighted by Crippen LogP contribution is -2.48. The van der Waals surface area contributed by atoms with Crippen molar-refractivity contribution in [3.63, 3.8) is 0 Å². The Hall–Kier alpha value is -1.43. The first-order valence-corrected chi connectivity index (χ1v) is 7.58. The normalized spacial score (nSPS) is 22.5. The van der Waals surface area contributed by atoms with Crippen molar-refractivity contribution in [2.24, 2.45) is 0 Å². The molecule has 6 nitrogen and oxygen atoms in total. The van der Waals surface area contributed by atoms with Crippen LogP contribution in [0.25, 0.3) is 0 Å². The zero-order valence-corrected chi connectivity index (χ0v) is 14.3. The molecule has 126 valence electrons. The van der Waals surface area contributed by atoms with Crippen LogP contribution in [-0.4, -0.2) is 53.0 Å². The van der Waals surface area contributed by atoms with Crippen LogP contribution < -0.4 is 0 Å². The number of carbonyl (C=O) groups excluding carboxylic acids is 3. The second-order valence-electron chi connectivity index (χ2n) is 7.55. The highest BCUT2D eigenvalue weighted by molar-refractivity contribution is 5.90. The Morgan fingerprint density at radius 1 is 1.09 bits per heavy atom. The lowest BCUT2D eigenvalue weighted by molar-refractivity contribution is -0.133. The van der Waals surface area contributed by atoms with Crippen LogP contribution in [0.1, 0.15) is 54.4 Å². The second-order valence-corrected chi connectivity index (χ2v) is 7.55. The largest absolute Gasteiger partial charge is 0.444 e. The van der Waals surface area contributed by atoms with Gasteiger partial charge in [-0.05, 0) is 54.4 Å². The van der Waals surface area contributed by atoms with E-state index in [0.29, 0.717) is 19.1 Å². The number of ether oxygens (including phenoxy) is 2. The molecule has 6 heteroatoms. The highest BCUT2D eigenvalue weighted by atomic mass is 16.6. The molecule has 0 bridgehead atoms. The third-order valence-electron chi connectivity index (χ3n) is 3.21. The molecule has 0 aromatic carbocycles. The molecule has 0 saturated carbocycles. The maximum absolute atomic E-state index is 12.3. The first-order chi connectivity index (χ1) is 9.94. The van der Waals surface area contributed by atoms with Gasteiger partial charge in [-0.2, -0.15) is 0 Å². The number of ketones is 1. The number of aldehydes is 1. The molecule has 1 aliphatic heterocycles. The molecule has 0 aromatic heterocycles. The van der Waals surface area contributed by atoms with Crippen molar-refractivity contribution < 1.29 is 23.9 Å². The van der Waals surface area contributed by atoms with Crippen LogP contribution in [-0.2, 0) is 19.1 Å². The smallest absolute Gasteiger partial charge is 0.411 e. The molecule has 0 aliphatic carbocycles. The topological polar surface area (TPSA) is 72.9 Å². The van der Waals surface area contributed by atoms with Crippen LogP contribution in [0.2, 0.25) is 0 Å². The van der Waals surface area contributed by atoms with Gasteiger partial charge < -0.3 is 14.3 Å². The number of Topliss-reactive ketones (excluding diaryl/α,β-unsaturated/α-hetero) is 1. The number of carbonyl (C=O) groups is 3. The van der Waals surface area contributed by atoms with Crippen molar-refractivity contribution in [3.05, 3.63) is 0 Å². The van der Waals surface area contributed by atoms with Gasteiger partial charge in [0.2, 0.25) is 0 Å². The number of likely N-dealkylation sites (tertiary alicyclic amines) is 1. The fourth-order valence-electron chi connectivity index (χ4n) is 2.25. The van der Waals surface area contributed by atoms with Crippen molar-refractivity contribution in [3.8, 4) is 0 Å². The first-order valence-electron chi connectivity index (χ1n) is 7.58. The monoisotopic (exact) mass is 313 g/mol. The van der Waals surface area contributed by atoms with Gasteiger partial charge in [-0.15, -0.1) is 0 Å². The third-order valence-corrected chi connectivity index (χ3v) is 3.21. The van der Waals surface area contributed by atoms with E-state index in [4.69, 9.17) is 9.47 Å². The summed E-state index contributed by atoms with van der Waals surface area (Å²) < 4.78 is 10.8. The van der Waals surface area contributed by atoms with Gasteiger partial charge in [-0.1, -0.05) is 0 Å². The quantitative estimate of drug-likeness (QED) is 0.745. The maximum Gasteiger partial charge on any atom is 0.411 e.